The van der Waals surface area contributed by atoms with E-state index in [9.17, 15) is 4.79 Å². The highest BCUT2D eigenvalue weighted by Crippen LogP contribution is 2.35. The predicted octanol–water partition coefficient (Wildman–Crippen LogP) is 3.41. The summed E-state index contributed by atoms with van der Waals surface area (Å²) in [5.74, 6) is 0.0799. The van der Waals surface area contributed by atoms with Crippen LogP contribution in [0.5, 0.6) is 0 Å². The van der Waals surface area contributed by atoms with Gasteiger partial charge >= 0.3 is 0 Å². The summed E-state index contributed by atoms with van der Waals surface area (Å²) in [6, 6.07) is 17.7. The van der Waals surface area contributed by atoms with Crippen molar-refractivity contribution in [2.24, 2.45) is 5.92 Å². The van der Waals surface area contributed by atoms with Crippen molar-refractivity contribution in [2.75, 3.05) is 16.8 Å². The topological polar surface area (TPSA) is 32.3 Å². The minimum atomic E-state index is -0.0485. The largest absolute Gasteiger partial charge is 0.383 e. The predicted molar refractivity (Wildman–Crippen MR) is 77.7 cm³/mol. The van der Waals surface area contributed by atoms with E-state index in [-0.39, 0.29) is 11.8 Å². The summed E-state index contributed by atoms with van der Waals surface area (Å²) in [6.07, 6.45) is 0. The third-order valence-electron chi connectivity index (χ3n) is 3.40. The second kappa shape index (κ2) is 4.76. The van der Waals surface area contributed by atoms with Gasteiger partial charge in [-0.1, -0.05) is 37.3 Å². The zero-order valence-electron chi connectivity index (χ0n) is 10.8. The Morgan fingerprint density at radius 1 is 1.05 bits per heavy atom. The van der Waals surface area contributed by atoms with Gasteiger partial charge in [-0.05, 0) is 24.3 Å². The average molecular weight is 252 g/mol. The molecule has 19 heavy (non-hydrogen) atoms. The minimum Gasteiger partial charge on any atom is -0.383 e. The van der Waals surface area contributed by atoms with Gasteiger partial charge in [0.05, 0.1) is 17.3 Å². The zero-order valence-corrected chi connectivity index (χ0v) is 10.8. The maximum atomic E-state index is 12.6. The van der Waals surface area contributed by atoms with Gasteiger partial charge in [0.2, 0.25) is 5.91 Å². The van der Waals surface area contributed by atoms with Crippen LogP contribution in [0.25, 0.3) is 0 Å². The van der Waals surface area contributed by atoms with Gasteiger partial charge < -0.3 is 5.32 Å². The standard InChI is InChI=1S/C16H16N2O/c1-12-11-17-14-9-5-6-10-15(14)18(16(12)19)13-7-3-2-4-8-13/h2-10,12,17H,11H2,1H3. The minimum absolute atomic E-state index is 0.0485. The SMILES string of the molecule is CC1CNc2ccccc2N(c2ccccc2)C1=O. The van der Waals surface area contributed by atoms with Crippen molar-refractivity contribution in [3.8, 4) is 0 Å². The third-order valence-corrected chi connectivity index (χ3v) is 3.40. The molecule has 0 aliphatic carbocycles. The summed E-state index contributed by atoms with van der Waals surface area (Å²) in [7, 11) is 0. The Hall–Kier alpha value is -2.29. The number of hydrogen-bond donors (Lipinski definition) is 1. The van der Waals surface area contributed by atoms with Crippen molar-refractivity contribution in [2.45, 2.75) is 6.92 Å². The Morgan fingerprint density at radius 2 is 1.74 bits per heavy atom. The van der Waals surface area contributed by atoms with Crippen LogP contribution in [0.1, 0.15) is 6.92 Å². The number of fused-ring (bicyclic) bond motifs is 1. The second-order valence-corrected chi connectivity index (χ2v) is 4.81. The van der Waals surface area contributed by atoms with E-state index in [1.54, 1.807) is 4.90 Å². The fourth-order valence-corrected chi connectivity index (χ4v) is 2.35. The number of benzene rings is 2. The molecule has 1 unspecified atom stereocenters. The number of amides is 1. The number of anilines is 3. The number of hydrogen-bond acceptors (Lipinski definition) is 2. The molecule has 0 aromatic heterocycles. The quantitative estimate of drug-likeness (QED) is 0.843. The first kappa shape index (κ1) is 11.8. The van der Waals surface area contributed by atoms with Crippen molar-refractivity contribution in [3.63, 3.8) is 0 Å². The molecule has 0 bridgehead atoms. The highest BCUT2D eigenvalue weighted by atomic mass is 16.2. The van der Waals surface area contributed by atoms with E-state index in [1.165, 1.54) is 0 Å². The average Bonchev–Trinajstić information content (AvgIpc) is 2.58. The molecule has 3 rings (SSSR count). The molecule has 3 nitrogen and oxygen atoms in total. The van der Waals surface area contributed by atoms with E-state index >= 15 is 0 Å². The summed E-state index contributed by atoms with van der Waals surface area (Å²) in [6.45, 7) is 2.62. The number of para-hydroxylation sites is 3. The van der Waals surface area contributed by atoms with Gasteiger partial charge in [-0.3, -0.25) is 9.69 Å². The molecule has 1 aliphatic heterocycles. The van der Waals surface area contributed by atoms with Gasteiger partial charge in [0.15, 0.2) is 0 Å². The smallest absolute Gasteiger partial charge is 0.236 e. The van der Waals surface area contributed by atoms with Crippen LogP contribution < -0.4 is 10.2 Å². The lowest BCUT2D eigenvalue weighted by Crippen LogP contribution is -2.31. The monoisotopic (exact) mass is 252 g/mol. The van der Waals surface area contributed by atoms with E-state index in [4.69, 9.17) is 0 Å². The fourth-order valence-electron chi connectivity index (χ4n) is 2.35. The highest BCUT2D eigenvalue weighted by Gasteiger charge is 2.28. The van der Waals surface area contributed by atoms with Crippen LogP contribution in [0.15, 0.2) is 54.6 Å². The van der Waals surface area contributed by atoms with Gasteiger partial charge in [0, 0.05) is 12.2 Å². The molecule has 2 aromatic carbocycles. The van der Waals surface area contributed by atoms with Crippen molar-refractivity contribution >= 4 is 23.0 Å². The molecule has 0 saturated heterocycles. The van der Waals surface area contributed by atoms with E-state index in [1.807, 2.05) is 61.5 Å². The molecule has 3 heteroatoms. The second-order valence-electron chi connectivity index (χ2n) is 4.81. The fraction of sp³-hybridized carbons (Fsp3) is 0.188. The Labute approximate surface area is 112 Å². The Balaban J connectivity index is 2.16. The zero-order chi connectivity index (χ0) is 13.2. The molecular weight excluding hydrogens is 236 g/mol. The lowest BCUT2D eigenvalue weighted by molar-refractivity contribution is -0.120. The Bertz CT molecular complexity index is 595. The molecule has 1 amide bonds. The van der Waals surface area contributed by atoms with Gasteiger partial charge in [0.25, 0.3) is 0 Å². The third kappa shape index (κ3) is 2.08. The van der Waals surface area contributed by atoms with Crippen LogP contribution in [-0.4, -0.2) is 12.5 Å². The van der Waals surface area contributed by atoms with Crippen LogP contribution >= 0.6 is 0 Å². The molecule has 0 spiro atoms. The van der Waals surface area contributed by atoms with Crippen molar-refractivity contribution in [3.05, 3.63) is 54.6 Å². The van der Waals surface area contributed by atoms with Crippen LogP contribution in [0, 0.1) is 5.92 Å². The molecule has 96 valence electrons. The van der Waals surface area contributed by atoms with E-state index in [0.717, 1.165) is 17.1 Å². The van der Waals surface area contributed by atoms with Gasteiger partial charge in [-0.25, -0.2) is 0 Å². The van der Waals surface area contributed by atoms with E-state index in [2.05, 4.69) is 5.32 Å². The van der Waals surface area contributed by atoms with Crippen LogP contribution in [0.4, 0.5) is 17.1 Å². The van der Waals surface area contributed by atoms with Crippen molar-refractivity contribution in [1.29, 1.82) is 0 Å². The Kier molecular flexibility index (Phi) is 2.95. The number of carbonyl (C=O) groups is 1. The van der Waals surface area contributed by atoms with E-state index < -0.39 is 0 Å². The first-order valence-electron chi connectivity index (χ1n) is 6.49. The molecule has 1 atom stereocenters. The molecule has 1 aliphatic rings. The Morgan fingerprint density at radius 3 is 2.53 bits per heavy atom. The summed E-state index contributed by atoms with van der Waals surface area (Å²) >= 11 is 0. The molecular formula is C16H16N2O. The lowest BCUT2D eigenvalue weighted by atomic mass is 10.1. The molecule has 0 fully saturated rings. The molecule has 2 aromatic rings. The molecule has 1 heterocycles. The number of nitrogens with one attached hydrogen (secondary N) is 1. The molecule has 0 radical (unpaired) electrons. The van der Waals surface area contributed by atoms with Crippen LogP contribution in [0.3, 0.4) is 0 Å². The maximum Gasteiger partial charge on any atom is 0.236 e. The van der Waals surface area contributed by atoms with Crippen molar-refractivity contribution in [1.82, 2.24) is 0 Å². The van der Waals surface area contributed by atoms with Crippen LogP contribution in [0.2, 0.25) is 0 Å². The number of nitrogens with zero attached hydrogens (tertiary/aromatic N) is 1. The van der Waals surface area contributed by atoms with Crippen molar-refractivity contribution < 1.29 is 4.79 Å². The molecule has 1 N–H and O–H groups in total. The highest BCUT2D eigenvalue weighted by molar-refractivity contribution is 6.05. The summed E-state index contributed by atoms with van der Waals surface area (Å²) in [5, 5.41) is 3.34. The first-order valence-corrected chi connectivity index (χ1v) is 6.49. The molecule has 0 saturated carbocycles. The number of carbonyl (C=O) groups excluding carboxylic acids is 1. The summed E-state index contributed by atoms with van der Waals surface area (Å²) < 4.78 is 0. The van der Waals surface area contributed by atoms with Gasteiger partial charge in [-0.15, -0.1) is 0 Å². The summed E-state index contributed by atoms with van der Waals surface area (Å²) in [4.78, 5) is 14.4. The number of rotatable bonds is 1. The first-order chi connectivity index (χ1) is 9.27. The van der Waals surface area contributed by atoms with Gasteiger partial charge in [-0.2, -0.15) is 0 Å². The van der Waals surface area contributed by atoms with E-state index in [0.29, 0.717) is 6.54 Å². The normalized spacial score (nSPS) is 18.5. The van der Waals surface area contributed by atoms with Gasteiger partial charge in [0.1, 0.15) is 0 Å². The maximum absolute atomic E-state index is 12.6. The summed E-state index contributed by atoms with van der Waals surface area (Å²) in [5.41, 5.74) is 2.84. The van der Waals surface area contributed by atoms with Crippen LogP contribution in [-0.2, 0) is 4.79 Å². The lowest BCUT2D eigenvalue weighted by Gasteiger charge is -2.24.